The van der Waals surface area contributed by atoms with Crippen LogP contribution in [-0.4, -0.2) is 31.4 Å². The largest absolute Gasteiger partial charge is 0.325 e. The second-order valence-electron chi connectivity index (χ2n) is 4.49. The number of carbonyl (C=O) groups excluding carboxylic acids is 1. The van der Waals surface area contributed by atoms with Crippen molar-refractivity contribution in [3.8, 4) is 0 Å². The van der Waals surface area contributed by atoms with Crippen LogP contribution in [0.3, 0.4) is 0 Å². The summed E-state index contributed by atoms with van der Waals surface area (Å²) in [6.45, 7) is 6.34. The first-order valence-electron chi connectivity index (χ1n) is 6.51. The summed E-state index contributed by atoms with van der Waals surface area (Å²) in [4.78, 5) is 12.2. The van der Waals surface area contributed by atoms with E-state index in [1.165, 1.54) is 11.8 Å². The Morgan fingerprint density at radius 1 is 1.52 bits per heavy atom. The van der Waals surface area contributed by atoms with Crippen LogP contribution in [0.15, 0.2) is 23.4 Å². The summed E-state index contributed by atoms with van der Waals surface area (Å²) >= 11 is 7.27. The molecule has 8 heteroatoms. The van der Waals surface area contributed by atoms with Crippen molar-refractivity contribution >= 4 is 35.0 Å². The molecule has 1 aromatic heterocycles. The van der Waals surface area contributed by atoms with E-state index in [2.05, 4.69) is 20.8 Å². The summed E-state index contributed by atoms with van der Waals surface area (Å²) in [5.41, 5.74) is 1.68. The molecule has 1 N–H and O–H groups in total. The molecule has 21 heavy (non-hydrogen) atoms. The average molecular weight is 326 g/mol. The third-order valence-corrected chi connectivity index (χ3v) is 4.21. The number of aromatic nitrogens is 4. The first kappa shape index (κ1) is 15.8. The molecular weight excluding hydrogens is 310 g/mol. The van der Waals surface area contributed by atoms with Crippen LogP contribution in [-0.2, 0) is 11.3 Å². The predicted molar refractivity (Wildman–Crippen MR) is 83.6 cm³/mol. The molecule has 0 bridgehead atoms. The van der Waals surface area contributed by atoms with Crippen LogP contribution in [0.25, 0.3) is 0 Å². The van der Waals surface area contributed by atoms with E-state index in [9.17, 15) is 4.79 Å². The maximum absolute atomic E-state index is 12.2. The highest BCUT2D eigenvalue weighted by Crippen LogP contribution is 2.24. The minimum absolute atomic E-state index is 0.115. The molecule has 1 aromatic carbocycles. The zero-order valence-electron chi connectivity index (χ0n) is 12.0. The Bertz CT molecular complexity index is 645. The van der Waals surface area contributed by atoms with Gasteiger partial charge in [-0.2, -0.15) is 0 Å². The molecular formula is C13H16ClN5OS. The number of anilines is 1. The molecule has 1 unspecified atom stereocenters. The number of tetrazole rings is 1. The van der Waals surface area contributed by atoms with Gasteiger partial charge in [-0.05, 0) is 48.9 Å². The van der Waals surface area contributed by atoms with E-state index in [0.717, 1.165) is 11.3 Å². The van der Waals surface area contributed by atoms with E-state index < -0.39 is 0 Å². The zero-order valence-corrected chi connectivity index (χ0v) is 13.6. The average Bonchev–Trinajstić information content (AvgIpc) is 2.90. The van der Waals surface area contributed by atoms with Gasteiger partial charge in [-0.3, -0.25) is 4.79 Å². The van der Waals surface area contributed by atoms with Crippen LogP contribution in [0.2, 0.25) is 5.02 Å². The second kappa shape index (κ2) is 6.91. The Hall–Kier alpha value is -1.60. The number of rotatable bonds is 5. The number of amides is 1. The molecule has 2 rings (SSSR count). The van der Waals surface area contributed by atoms with Gasteiger partial charge in [-0.15, -0.1) is 5.10 Å². The molecule has 0 fully saturated rings. The lowest BCUT2D eigenvalue weighted by atomic mass is 10.2. The van der Waals surface area contributed by atoms with Crippen LogP contribution < -0.4 is 5.32 Å². The monoisotopic (exact) mass is 325 g/mol. The molecule has 0 aliphatic carbocycles. The summed E-state index contributed by atoms with van der Waals surface area (Å²) in [5, 5.41) is 15.1. The molecule has 0 saturated carbocycles. The van der Waals surface area contributed by atoms with Crippen LogP contribution >= 0.6 is 23.4 Å². The van der Waals surface area contributed by atoms with Gasteiger partial charge in [-0.25, -0.2) is 4.68 Å². The van der Waals surface area contributed by atoms with E-state index in [4.69, 9.17) is 11.6 Å². The Kier molecular flexibility index (Phi) is 5.19. The van der Waals surface area contributed by atoms with Gasteiger partial charge in [0.2, 0.25) is 11.1 Å². The van der Waals surface area contributed by atoms with Crippen LogP contribution in [0, 0.1) is 6.92 Å². The van der Waals surface area contributed by atoms with E-state index in [1.54, 1.807) is 16.8 Å². The fourth-order valence-corrected chi connectivity index (χ4v) is 2.68. The van der Waals surface area contributed by atoms with Gasteiger partial charge in [0.05, 0.1) is 5.25 Å². The third-order valence-electron chi connectivity index (χ3n) is 2.91. The summed E-state index contributed by atoms with van der Waals surface area (Å²) < 4.78 is 1.65. The summed E-state index contributed by atoms with van der Waals surface area (Å²) in [6.07, 6.45) is 0. The van der Waals surface area contributed by atoms with Crippen molar-refractivity contribution in [3.63, 3.8) is 0 Å². The summed E-state index contributed by atoms with van der Waals surface area (Å²) in [7, 11) is 0. The molecule has 6 nitrogen and oxygen atoms in total. The quantitative estimate of drug-likeness (QED) is 0.856. The van der Waals surface area contributed by atoms with Gasteiger partial charge in [0.25, 0.3) is 0 Å². The minimum atomic E-state index is -0.320. The number of thioether (sulfide) groups is 1. The number of carbonyl (C=O) groups is 1. The molecule has 0 aliphatic rings. The van der Waals surface area contributed by atoms with Crippen molar-refractivity contribution < 1.29 is 4.79 Å². The fourth-order valence-electron chi connectivity index (χ4n) is 1.65. The lowest BCUT2D eigenvalue weighted by Gasteiger charge is -2.13. The molecule has 0 radical (unpaired) electrons. The van der Waals surface area contributed by atoms with Gasteiger partial charge in [0.1, 0.15) is 0 Å². The van der Waals surface area contributed by atoms with Gasteiger partial charge in [0, 0.05) is 17.3 Å². The van der Waals surface area contributed by atoms with E-state index in [1.807, 2.05) is 26.8 Å². The molecule has 1 heterocycles. The molecule has 1 atom stereocenters. The van der Waals surface area contributed by atoms with Crippen LogP contribution in [0.5, 0.6) is 0 Å². The van der Waals surface area contributed by atoms with Crippen molar-refractivity contribution in [2.24, 2.45) is 0 Å². The number of nitrogens with one attached hydrogen (secondary N) is 1. The van der Waals surface area contributed by atoms with Crippen LogP contribution in [0.1, 0.15) is 19.4 Å². The van der Waals surface area contributed by atoms with Gasteiger partial charge in [-0.1, -0.05) is 29.4 Å². The Labute approximate surface area is 132 Å². The minimum Gasteiger partial charge on any atom is -0.325 e. The highest BCUT2D eigenvalue weighted by molar-refractivity contribution is 8.00. The van der Waals surface area contributed by atoms with Crippen molar-refractivity contribution in [1.29, 1.82) is 0 Å². The van der Waals surface area contributed by atoms with Crippen molar-refractivity contribution in [2.75, 3.05) is 5.32 Å². The van der Waals surface area contributed by atoms with Crippen molar-refractivity contribution in [2.45, 2.75) is 37.7 Å². The molecule has 1 amide bonds. The molecule has 112 valence electrons. The zero-order chi connectivity index (χ0) is 15.4. The van der Waals surface area contributed by atoms with E-state index >= 15 is 0 Å². The maximum Gasteiger partial charge on any atom is 0.237 e. The van der Waals surface area contributed by atoms with Crippen LogP contribution in [0.4, 0.5) is 5.69 Å². The number of hydrogen-bond acceptors (Lipinski definition) is 5. The normalized spacial score (nSPS) is 12.2. The first-order chi connectivity index (χ1) is 10.0. The summed E-state index contributed by atoms with van der Waals surface area (Å²) in [5.74, 6) is -0.115. The molecule has 0 aliphatic heterocycles. The number of hydrogen-bond donors (Lipinski definition) is 1. The molecule has 0 spiro atoms. The summed E-state index contributed by atoms with van der Waals surface area (Å²) in [6, 6.07) is 5.40. The lowest BCUT2D eigenvalue weighted by Crippen LogP contribution is -2.23. The van der Waals surface area contributed by atoms with E-state index in [-0.39, 0.29) is 11.2 Å². The molecule has 2 aromatic rings. The Balaban J connectivity index is 2.04. The standard InChI is InChI=1S/C13H16ClN5OS/c1-4-19-13(16-17-18-19)21-9(3)12(20)15-11-7-10(14)6-5-8(11)2/h5-7,9H,4H2,1-3H3,(H,15,20). The predicted octanol–water partition coefficient (Wildman–Crippen LogP) is 2.77. The van der Waals surface area contributed by atoms with Crippen molar-refractivity contribution in [1.82, 2.24) is 20.2 Å². The van der Waals surface area contributed by atoms with Crippen molar-refractivity contribution in [3.05, 3.63) is 28.8 Å². The smallest absolute Gasteiger partial charge is 0.237 e. The molecule has 0 saturated heterocycles. The third kappa shape index (κ3) is 3.95. The topological polar surface area (TPSA) is 72.7 Å². The second-order valence-corrected chi connectivity index (χ2v) is 6.23. The number of aryl methyl sites for hydroxylation is 2. The Morgan fingerprint density at radius 2 is 2.29 bits per heavy atom. The maximum atomic E-state index is 12.2. The fraction of sp³-hybridized carbons (Fsp3) is 0.385. The Morgan fingerprint density at radius 3 is 3.00 bits per heavy atom. The highest BCUT2D eigenvalue weighted by atomic mass is 35.5. The van der Waals surface area contributed by atoms with Gasteiger partial charge < -0.3 is 5.32 Å². The highest BCUT2D eigenvalue weighted by Gasteiger charge is 2.18. The number of benzene rings is 1. The first-order valence-corrected chi connectivity index (χ1v) is 7.77. The van der Waals surface area contributed by atoms with Gasteiger partial charge in [0.15, 0.2) is 0 Å². The SMILES string of the molecule is CCn1nnnc1SC(C)C(=O)Nc1cc(Cl)ccc1C. The van der Waals surface area contributed by atoms with Gasteiger partial charge >= 0.3 is 0 Å². The number of halogens is 1. The lowest BCUT2D eigenvalue weighted by molar-refractivity contribution is -0.115. The van der Waals surface area contributed by atoms with E-state index in [0.29, 0.717) is 16.7 Å². The number of nitrogens with zero attached hydrogens (tertiary/aromatic N) is 4.